The summed E-state index contributed by atoms with van der Waals surface area (Å²) in [7, 11) is 0. The Hall–Kier alpha value is -2.39. The Kier molecular flexibility index (Phi) is 5.11. The minimum Gasteiger partial charge on any atom is -0.330 e. The average Bonchev–Trinajstić information content (AvgIpc) is 2.98. The fourth-order valence-electron chi connectivity index (χ4n) is 2.89. The van der Waals surface area contributed by atoms with Crippen molar-refractivity contribution in [2.45, 2.75) is 32.7 Å². The number of rotatable bonds is 6. The van der Waals surface area contributed by atoms with Gasteiger partial charge in [-0.3, -0.25) is 4.68 Å². The molecule has 0 radical (unpaired) electrons. The summed E-state index contributed by atoms with van der Waals surface area (Å²) in [6.45, 7) is 5.82. The molecule has 2 aromatic carbocycles. The van der Waals surface area contributed by atoms with Gasteiger partial charge >= 0.3 is 0 Å². The van der Waals surface area contributed by atoms with Crippen molar-refractivity contribution in [1.82, 2.24) is 9.78 Å². The van der Waals surface area contributed by atoms with Crippen molar-refractivity contribution in [3.05, 3.63) is 77.5 Å². The minimum absolute atomic E-state index is 0.543. The lowest BCUT2D eigenvalue weighted by Crippen LogP contribution is -2.06. The molecule has 124 valence electrons. The van der Waals surface area contributed by atoms with Crippen LogP contribution >= 0.6 is 0 Å². The van der Waals surface area contributed by atoms with Gasteiger partial charge in [-0.2, -0.15) is 5.10 Å². The van der Waals surface area contributed by atoms with Gasteiger partial charge in [-0.1, -0.05) is 68.4 Å². The summed E-state index contributed by atoms with van der Waals surface area (Å²) in [6, 6.07) is 21.4. The molecule has 0 amide bonds. The highest BCUT2D eigenvalue weighted by Crippen LogP contribution is 2.24. The molecule has 1 aromatic heterocycles. The van der Waals surface area contributed by atoms with Crippen molar-refractivity contribution in [2.75, 3.05) is 6.54 Å². The second kappa shape index (κ2) is 7.45. The van der Waals surface area contributed by atoms with E-state index in [1.807, 2.05) is 6.07 Å². The number of aromatic nitrogens is 2. The summed E-state index contributed by atoms with van der Waals surface area (Å²) in [4.78, 5) is 0. The SMILES string of the molecule is CC(C)c1ccc(-c2cc(CCN)nn2Cc2ccccc2)cc1. The molecule has 0 bridgehead atoms. The van der Waals surface area contributed by atoms with Gasteiger partial charge in [-0.25, -0.2) is 0 Å². The standard InChI is InChI=1S/C21H25N3/c1-16(2)18-8-10-19(11-9-18)21-14-20(12-13-22)23-24(21)15-17-6-4-3-5-7-17/h3-11,14,16H,12-13,15,22H2,1-2H3. The Morgan fingerprint density at radius 1 is 1.00 bits per heavy atom. The Labute approximate surface area is 144 Å². The summed E-state index contributed by atoms with van der Waals surface area (Å²) in [5, 5.41) is 4.77. The maximum atomic E-state index is 5.72. The van der Waals surface area contributed by atoms with Gasteiger partial charge < -0.3 is 5.73 Å². The van der Waals surface area contributed by atoms with E-state index in [0.29, 0.717) is 12.5 Å². The topological polar surface area (TPSA) is 43.8 Å². The van der Waals surface area contributed by atoms with Crippen LogP contribution in [0.5, 0.6) is 0 Å². The first kappa shape index (κ1) is 16.5. The van der Waals surface area contributed by atoms with Gasteiger partial charge in [0.1, 0.15) is 0 Å². The van der Waals surface area contributed by atoms with Crippen molar-refractivity contribution in [2.24, 2.45) is 5.73 Å². The highest BCUT2D eigenvalue weighted by molar-refractivity contribution is 5.61. The predicted molar refractivity (Wildman–Crippen MR) is 100 cm³/mol. The molecule has 3 heteroatoms. The number of benzene rings is 2. The molecule has 3 aromatic rings. The van der Waals surface area contributed by atoms with Crippen molar-refractivity contribution in [3.63, 3.8) is 0 Å². The van der Waals surface area contributed by atoms with Gasteiger partial charge in [0.25, 0.3) is 0 Å². The molecule has 0 atom stereocenters. The first-order valence-corrected chi connectivity index (χ1v) is 8.58. The van der Waals surface area contributed by atoms with Gasteiger partial charge in [0.05, 0.1) is 17.9 Å². The quantitative estimate of drug-likeness (QED) is 0.739. The second-order valence-corrected chi connectivity index (χ2v) is 6.48. The Bertz CT molecular complexity index is 771. The van der Waals surface area contributed by atoms with Crippen LogP contribution in [-0.4, -0.2) is 16.3 Å². The monoisotopic (exact) mass is 319 g/mol. The second-order valence-electron chi connectivity index (χ2n) is 6.48. The van der Waals surface area contributed by atoms with E-state index in [0.717, 1.165) is 24.4 Å². The van der Waals surface area contributed by atoms with Crippen molar-refractivity contribution in [1.29, 1.82) is 0 Å². The zero-order valence-corrected chi connectivity index (χ0v) is 14.4. The molecule has 0 fully saturated rings. The van der Waals surface area contributed by atoms with Crippen molar-refractivity contribution >= 4 is 0 Å². The van der Waals surface area contributed by atoms with Crippen LogP contribution in [0.4, 0.5) is 0 Å². The van der Waals surface area contributed by atoms with E-state index in [1.54, 1.807) is 0 Å². The van der Waals surface area contributed by atoms with Crippen LogP contribution in [0.25, 0.3) is 11.3 Å². The number of hydrogen-bond acceptors (Lipinski definition) is 2. The Morgan fingerprint density at radius 2 is 1.71 bits per heavy atom. The number of nitrogens with two attached hydrogens (primary N) is 1. The smallest absolute Gasteiger partial charge is 0.0689 e. The summed E-state index contributed by atoms with van der Waals surface area (Å²) in [5.41, 5.74) is 11.7. The van der Waals surface area contributed by atoms with Gasteiger partial charge in [-0.15, -0.1) is 0 Å². The lowest BCUT2D eigenvalue weighted by Gasteiger charge is -2.10. The van der Waals surface area contributed by atoms with E-state index < -0.39 is 0 Å². The summed E-state index contributed by atoms with van der Waals surface area (Å²) in [5.74, 6) is 0.543. The molecular formula is C21H25N3. The van der Waals surface area contributed by atoms with Crippen molar-refractivity contribution in [3.8, 4) is 11.3 Å². The average molecular weight is 319 g/mol. The molecule has 0 unspecified atom stereocenters. The summed E-state index contributed by atoms with van der Waals surface area (Å²) in [6.07, 6.45) is 0.804. The maximum Gasteiger partial charge on any atom is 0.0689 e. The third-order valence-electron chi connectivity index (χ3n) is 4.28. The Morgan fingerprint density at radius 3 is 2.33 bits per heavy atom. The summed E-state index contributed by atoms with van der Waals surface area (Å²) < 4.78 is 2.09. The zero-order chi connectivity index (χ0) is 16.9. The van der Waals surface area contributed by atoms with Crippen LogP contribution in [-0.2, 0) is 13.0 Å². The van der Waals surface area contributed by atoms with Crippen LogP contribution in [0.15, 0.2) is 60.7 Å². The first-order valence-electron chi connectivity index (χ1n) is 8.58. The van der Waals surface area contributed by atoms with Gasteiger partial charge in [0.15, 0.2) is 0 Å². The molecule has 1 heterocycles. The lowest BCUT2D eigenvalue weighted by molar-refractivity contribution is 0.677. The number of nitrogens with zero attached hydrogens (tertiary/aromatic N) is 2. The van der Waals surface area contributed by atoms with E-state index in [-0.39, 0.29) is 0 Å². The van der Waals surface area contributed by atoms with E-state index in [4.69, 9.17) is 10.8 Å². The highest BCUT2D eigenvalue weighted by atomic mass is 15.3. The van der Waals surface area contributed by atoms with Crippen LogP contribution < -0.4 is 5.73 Å². The van der Waals surface area contributed by atoms with Crippen LogP contribution in [0, 0.1) is 0 Å². The predicted octanol–water partition coefficient (Wildman–Crippen LogP) is 4.22. The fraction of sp³-hybridized carbons (Fsp3) is 0.286. The zero-order valence-electron chi connectivity index (χ0n) is 14.4. The molecule has 24 heavy (non-hydrogen) atoms. The molecule has 0 spiro atoms. The largest absolute Gasteiger partial charge is 0.330 e. The maximum absolute atomic E-state index is 5.72. The van der Waals surface area contributed by atoms with Gasteiger partial charge in [-0.05, 0) is 35.2 Å². The van der Waals surface area contributed by atoms with Gasteiger partial charge in [0, 0.05) is 6.42 Å². The van der Waals surface area contributed by atoms with E-state index in [2.05, 4.69) is 73.1 Å². The number of hydrogen-bond donors (Lipinski definition) is 1. The molecule has 3 rings (SSSR count). The first-order chi connectivity index (χ1) is 11.7. The van der Waals surface area contributed by atoms with E-state index >= 15 is 0 Å². The summed E-state index contributed by atoms with van der Waals surface area (Å²) >= 11 is 0. The molecule has 0 saturated heterocycles. The van der Waals surface area contributed by atoms with Crippen LogP contribution in [0.3, 0.4) is 0 Å². The third kappa shape index (κ3) is 3.74. The fourth-order valence-corrected chi connectivity index (χ4v) is 2.89. The molecule has 0 saturated carbocycles. The molecule has 0 aliphatic rings. The molecule has 3 nitrogen and oxygen atoms in total. The highest BCUT2D eigenvalue weighted by Gasteiger charge is 2.11. The Balaban J connectivity index is 1.95. The van der Waals surface area contributed by atoms with Crippen molar-refractivity contribution < 1.29 is 0 Å². The van der Waals surface area contributed by atoms with Crippen LogP contribution in [0.1, 0.15) is 36.6 Å². The molecule has 2 N–H and O–H groups in total. The van der Waals surface area contributed by atoms with E-state index in [1.165, 1.54) is 16.7 Å². The molecule has 0 aliphatic carbocycles. The van der Waals surface area contributed by atoms with E-state index in [9.17, 15) is 0 Å². The normalized spacial score (nSPS) is 11.2. The van der Waals surface area contributed by atoms with Gasteiger partial charge in [0.2, 0.25) is 0 Å². The molecule has 0 aliphatic heterocycles. The third-order valence-corrected chi connectivity index (χ3v) is 4.28. The van der Waals surface area contributed by atoms with Crippen LogP contribution in [0.2, 0.25) is 0 Å². The molecular weight excluding hydrogens is 294 g/mol. The lowest BCUT2D eigenvalue weighted by atomic mass is 10.0. The minimum atomic E-state index is 0.543.